The van der Waals surface area contributed by atoms with E-state index in [2.05, 4.69) is 5.32 Å². The third-order valence-corrected chi connectivity index (χ3v) is 4.05. The summed E-state index contributed by atoms with van der Waals surface area (Å²) in [6.07, 6.45) is 0. The van der Waals surface area contributed by atoms with Crippen LogP contribution in [0, 0.1) is 10.1 Å². The Morgan fingerprint density at radius 1 is 1.17 bits per heavy atom. The van der Waals surface area contributed by atoms with Gasteiger partial charge in [0.1, 0.15) is 5.56 Å². The van der Waals surface area contributed by atoms with E-state index in [1.54, 1.807) is 32.4 Å². The van der Waals surface area contributed by atoms with Crippen molar-refractivity contribution >= 4 is 23.4 Å². The molecule has 0 atom stereocenters. The third-order valence-electron chi connectivity index (χ3n) is 3.17. The Bertz CT molecular complexity index is 751. The lowest BCUT2D eigenvalue weighted by molar-refractivity contribution is -0.385. The van der Waals surface area contributed by atoms with Crippen LogP contribution in [0.25, 0.3) is 0 Å². The van der Waals surface area contributed by atoms with Crippen molar-refractivity contribution < 1.29 is 19.2 Å². The zero-order valence-corrected chi connectivity index (χ0v) is 14.0. The van der Waals surface area contributed by atoms with Gasteiger partial charge < -0.3 is 14.8 Å². The van der Waals surface area contributed by atoms with Gasteiger partial charge in [0.15, 0.2) is 11.5 Å². The van der Waals surface area contributed by atoms with Crippen LogP contribution in [0.15, 0.2) is 47.4 Å². The van der Waals surface area contributed by atoms with Gasteiger partial charge in [0.05, 0.1) is 25.0 Å². The molecule has 0 saturated carbocycles. The monoisotopic (exact) mass is 348 g/mol. The third kappa shape index (κ3) is 4.17. The summed E-state index contributed by atoms with van der Waals surface area (Å²) in [6.45, 7) is 0. The molecule has 0 fully saturated rings. The van der Waals surface area contributed by atoms with E-state index in [9.17, 15) is 14.9 Å². The lowest BCUT2D eigenvalue weighted by Gasteiger charge is -2.10. The number of carbonyl (C=O) groups is 1. The molecule has 0 aliphatic rings. The van der Waals surface area contributed by atoms with E-state index in [-0.39, 0.29) is 17.1 Å². The molecule has 0 aromatic heterocycles. The second kappa shape index (κ2) is 8.21. The quantitative estimate of drug-likeness (QED) is 0.358. The molecule has 126 valence electrons. The smallest absolute Gasteiger partial charge is 0.282 e. The highest BCUT2D eigenvalue weighted by Crippen LogP contribution is 2.31. The van der Waals surface area contributed by atoms with Crippen molar-refractivity contribution in [2.75, 3.05) is 20.1 Å². The van der Waals surface area contributed by atoms with E-state index in [1.807, 2.05) is 6.07 Å². The minimum Gasteiger partial charge on any atom is -0.493 e. The van der Waals surface area contributed by atoms with E-state index in [4.69, 9.17) is 9.47 Å². The second-order valence-electron chi connectivity index (χ2n) is 4.59. The Morgan fingerprint density at radius 3 is 2.54 bits per heavy atom. The molecule has 24 heavy (non-hydrogen) atoms. The summed E-state index contributed by atoms with van der Waals surface area (Å²) in [4.78, 5) is 23.4. The number of carbonyl (C=O) groups excluding carboxylic acids is 1. The van der Waals surface area contributed by atoms with Gasteiger partial charge in [0, 0.05) is 11.0 Å². The molecular formula is C16H16N2O5S. The standard InChI is InChI=1S/C16H16N2O5S/c1-22-14-8-7-11(9-15(14)23-2)24-10-17-16(19)12-5-3-4-6-13(12)18(20)21/h3-9H,10H2,1-2H3,(H,17,19). The van der Waals surface area contributed by atoms with Crippen molar-refractivity contribution in [3.05, 3.63) is 58.1 Å². The topological polar surface area (TPSA) is 90.7 Å². The fourth-order valence-corrected chi connectivity index (χ4v) is 2.74. The minimum atomic E-state index is -0.573. The zero-order chi connectivity index (χ0) is 17.5. The first-order valence-electron chi connectivity index (χ1n) is 6.93. The number of para-hydroxylation sites is 1. The van der Waals surface area contributed by atoms with Gasteiger partial charge in [-0.15, -0.1) is 11.8 Å². The van der Waals surface area contributed by atoms with Crippen LogP contribution in [-0.2, 0) is 0 Å². The van der Waals surface area contributed by atoms with E-state index in [0.29, 0.717) is 11.5 Å². The normalized spacial score (nSPS) is 10.1. The summed E-state index contributed by atoms with van der Waals surface area (Å²) in [5.74, 6) is 0.981. The number of thioether (sulfide) groups is 1. The molecule has 0 radical (unpaired) electrons. The van der Waals surface area contributed by atoms with Gasteiger partial charge in [0.25, 0.3) is 11.6 Å². The van der Waals surface area contributed by atoms with Crippen molar-refractivity contribution in [3.63, 3.8) is 0 Å². The fourth-order valence-electron chi connectivity index (χ4n) is 2.01. The van der Waals surface area contributed by atoms with Crippen molar-refractivity contribution in [1.82, 2.24) is 5.32 Å². The largest absolute Gasteiger partial charge is 0.493 e. The Hall–Kier alpha value is -2.74. The van der Waals surface area contributed by atoms with E-state index in [1.165, 1.54) is 30.0 Å². The first-order chi connectivity index (χ1) is 11.6. The molecule has 1 amide bonds. The lowest BCUT2D eigenvalue weighted by atomic mass is 10.2. The van der Waals surface area contributed by atoms with Crippen molar-refractivity contribution in [2.45, 2.75) is 4.90 Å². The number of nitrogens with one attached hydrogen (secondary N) is 1. The molecule has 0 aliphatic carbocycles. The van der Waals surface area contributed by atoms with Crippen molar-refractivity contribution in [1.29, 1.82) is 0 Å². The van der Waals surface area contributed by atoms with Crippen molar-refractivity contribution in [2.24, 2.45) is 0 Å². The van der Waals surface area contributed by atoms with Crippen LogP contribution in [0.5, 0.6) is 11.5 Å². The van der Waals surface area contributed by atoms with Crippen LogP contribution >= 0.6 is 11.8 Å². The number of nitro benzene ring substituents is 1. The number of nitro groups is 1. The van der Waals surface area contributed by atoms with Crippen LogP contribution in [0.3, 0.4) is 0 Å². The molecule has 0 bridgehead atoms. The Labute approximate surface area is 143 Å². The van der Waals surface area contributed by atoms with E-state index < -0.39 is 10.8 Å². The van der Waals surface area contributed by atoms with Gasteiger partial charge in [-0.3, -0.25) is 14.9 Å². The van der Waals surface area contributed by atoms with Gasteiger partial charge >= 0.3 is 0 Å². The Balaban J connectivity index is 2.00. The summed E-state index contributed by atoms with van der Waals surface area (Å²) < 4.78 is 10.4. The van der Waals surface area contributed by atoms with E-state index >= 15 is 0 Å². The van der Waals surface area contributed by atoms with E-state index in [0.717, 1.165) is 4.90 Å². The molecule has 2 rings (SSSR count). The fraction of sp³-hybridized carbons (Fsp3) is 0.188. The zero-order valence-electron chi connectivity index (χ0n) is 13.1. The number of benzene rings is 2. The van der Waals surface area contributed by atoms with Crippen LogP contribution in [0.1, 0.15) is 10.4 Å². The summed E-state index contributed by atoms with van der Waals surface area (Å²) in [5.41, 5.74) is -0.179. The van der Waals surface area contributed by atoms with Gasteiger partial charge in [-0.25, -0.2) is 0 Å². The number of methoxy groups -OCH3 is 2. The molecule has 0 aliphatic heterocycles. The first-order valence-corrected chi connectivity index (χ1v) is 7.91. The summed E-state index contributed by atoms with van der Waals surface area (Å²) in [5, 5.41) is 13.6. The van der Waals surface area contributed by atoms with Gasteiger partial charge in [-0.2, -0.15) is 0 Å². The SMILES string of the molecule is COc1ccc(SCNC(=O)c2ccccc2[N+](=O)[O-])cc1OC. The van der Waals surface area contributed by atoms with Crippen LogP contribution in [-0.4, -0.2) is 30.9 Å². The number of rotatable bonds is 7. The molecule has 7 nitrogen and oxygen atoms in total. The maximum absolute atomic E-state index is 12.1. The predicted molar refractivity (Wildman–Crippen MR) is 90.8 cm³/mol. The molecular weight excluding hydrogens is 332 g/mol. The minimum absolute atomic E-state index is 0.0374. The van der Waals surface area contributed by atoms with Crippen molar-refractivity contribution in [3.8, 4) is 11.5 Å². The molecule has 0 heterocycles. The summed E-state index contributed by atoms with van der Waals surface area (Å²) in [6, 6.07) is 11.2. The molecule has 2 aromatic rings. The highest BCUT2D eigenvalue weighted by atomic mass is 32.2. The van der Waals surface area contributed by atoms with Crippen LogP contribution < -0.4 is 14.8 Å². The van der Waals surface area contributed by atoms with Gasteiger partial charge in [0.2, 0.25) is 0 Å². The number of hydrogen-bond acceptors (Lipinski definition) is 6. The Morgan fingerprint density at radius 2 is 1.88 bits per heavy atom. The predicted octanol–water partition coefficient (Wildman–Crippen LogP) is 3.09. The molecule has 0 unspecified atom stereocenters. The number of ether oxygens (including phenoxy) is 2. The highest BCUT2D eigenvalue weighted by Gasteiger charge is 2.18. The average molecular weight is 348 g/mol. The molecule has 2 aromatic carbocycles. The molecule has 0 spiro atoms. The summed E-state index contributed by atoms with van der Waals surface area (Å²) >= 11 is 1.37. The Kier molecular flexibility index (Phi) is 6.02. The van der Waals surface area contributed by atoms with Gasteiger partial charge in [-0.05, 0) is 24.3 Å². The number of nitrogens with zero attached hydrogens (tertiary/aromatic N) is 1. The van der Waals surface area contributed by atoms with Crippen LogP contribution in [0.2, 0.25) is 0 Å². The molecule has 0 saturated heterocycles. The molecule has 1 N–H and O–H groups in total. The van der Waals surface area contributed by atoms with Crippen LogP contribution in [0.4, 0.5) is 5.69 Å². The summed E-state index contributed by atoms with van der Waals surface area (Å²) in [7, 11) is 3.10. The van der Waals surface area contributed by atoms with Gasteiger partial charge in [-0.1, -0.05) is 12.1 Å². The molecule has 8 heteroatoms. The number of amides is 1. The average Bonchev–Trinajstić information content (AvgIpc) is 2.61. The highest BCUT2D eigenvalue weighted by molar-refractivity contribution is 7.99. The lowest BCUT2D eigenvalue weighted by Crippen LogP contribution is -2.23. The maximum Gasteiger partial charge on any atom is 0.282 e. The maximum atomic E-state index is 12.1. The first kappa shape index (κ1) is 17.6. The second-order valence-corrected chi connectivity index (χ2v) is 5.63. The number of hydrogen-bond donors (Lipinski definition) is 1.